The van der Waals surface area contributed by atoms with E-state index < -0.39 is 0 Å². The van der Waals surface area contributed by atoms with Gasteiger partial charge in [0.1, 0.15) is 5.83 Å². The molecule has 0 radical (unpaired) electrons. The van der Waals surface area contributed by atoms with Crippen LogP contribution < -0.4 is 0 Å². The van der Waals surface area contributed by atoms with E-state index in [1.165, 1.54) is 6.08 Å². The molecular formula is C8H13F. The minimum absolute atomic E-state index is 0.0150. The molecule has 9 heavy (non-hydrogen) atoms. The number of hydrogen-bond acceptors (Lipinski definition) is 0. The summed E-state index contributed by atoms with van der Waals surface area (Å²) in [5, 5.41) is 0. The van der Waals surface area contributed by atoms with Gasteiger partial charge in [0.2, 0.25) is 0 Å². The third-order valence-corrected chi connectivity index (χ3v) is 0.999. The second-order valence-corrected chi connectivity index (χ2v) is 2.23. The number of allylic oxidation sites excluding steroid dienone is 4. The van der Waals surface area contributed by atoms with Crippen molar-refractivity contribution in [2.75, 3.05) is 0 Å². The Balaban J connectivity index is 3.84. The van der Waals surface area contributed by atoms with E-state index >= 15 is 0 Å². The van der Waals surface area contributed by atoms with Gasteiger partial charge in [-0.2, -0.15) is 0 Å². The lowest BCUT2D eigenvalue weighted by molar-refractivity contribution is 0.520. The maximum absolute atomic E-state index is 12.5. The van der Waals surface area contributed by atoms with Crippen LogP contribution in [-0.2, 0) is 0 Å². The zero-order valence-electron chi connectivity index (χ0n) is 6.19. The number of halogens is 1. The van der Waals surface area contributed by atoms with Gasteiger partial charge in [0.25, 0.3) is 0 Å². The van der Waals surface area contributed by atoms with E-state index in [0.29, 0.717) is 0 Å². The van der Waals surface area contributed by atoms with Crippen molar-refractivity contribution in [3.05, 3.63) is 24.1 Å². The summed E-state index contributed by atoms with van der Waals surface area (Å²) in [7, 11) is 0. The lowest BCUT2D eigenvalue weighted by Gasteiger charge is -1.96. The van der Waals surface area contributed by atoms with Gasteiger partial charge in [-0.15, -0.1) is 0 Å². The molecule has 1 heteroatoms. The Bertz CT molecular complexity index is 121. The van der Waals surface area contributed by atoms with Crippen LogP contribution in [0.25, 0.3) is 0 Å². The van der Waals surface area contributed by atoms with Crippen LogP contribution >= 0.6 is 0 Å². The van der Waals surface area contributed by atoms with Gasteiger partial charge in [0, 0.05) is 5.92 Å². The highest BCUT2D eigenvalue weighted by molar-refractivity contribution is 5.07. The summed E-state index contributed by atoms with van der Waals surface area (Å²) in [6, 6.07) is 0. The van der Waals surface area contributed by atoms with E-state index in [2.05, 4.69) is 0 Å². The number of hydrogen-bond donors (Lipinski definition) is 0. The highest BCUT2D eigenvalue weighted by Crippen LogP contribution is 2.09. The van der Waals surface area contributed by atoms with E-state index in [4.69, 9.17) is 0 Å². The molecule has 52 valence electrons. The third-order valence-electron chi connectivity index (χ3n) is 0.999. The second kappa shape index (κ2) is 4.30. The predicted octanol–water partition coefficient (Wildman–Crippen LogP) is 3.07. The summed E-state index contributed by atoms with van der Waals surface area (Å²) in [5.74, 6) is -0.0469. The Labute approximate surface area is 56.1 Å². The quantitative estimate of drug-likeness (QED) is 0.501. The van der Waals surface area contributed by atoms with Gasteiger partial charge in [-0.3, -0.25) is 0 Å². The monoisotopic (exact) mass is 128 g/mol. The van der Waals surface area contributed by atoms with Crippen molar-refractivity contribution in [2.45, 2.75) is 20.8 Å². The summed E-state index contributed by atoms with van der Waals surface area (Å²) in [6.45, 7) is 5.52. The average Bonchev–Trinajstić information content (AvgIpc) is 1.82. The van der Waals surface area contributed by atoms with Crippen molar-refractivity contribution in [1.82, 2.24) is 0 Å². The molecule has 0 aromatic rings. The maximum Gasteiger partial charge on any atom is 0.102 e. The molecule has 0 heterocycles. The molecule has 0 fully saturated rings. The summed E-state index contributed by atoms with van der Waals surface area (Å²) < 4.78 is 12.5. The molecule has 0 amide bonds. The summed E-state index contributed by atoms with van der Waals surface area (Å²) in [5.41, 5.74) is 0. The maximum atomic E-state index is 12.5. The Morgan fingerprint density at radius 2 is 2.00 bits per heavy atom. The molecule has 0 saturated heterocycles. The van der Waals surface area contributed by atoms with Crippen LogP contribution in [0.2, 0.25) is 0 Å². The molecule has 0 saturated carbocycles. The molecular weight excluding hydrogens is 115 g/mol. The van der Waals surface area contributed by atoms with E-state index in [1.807, 2.05) is 26.8 Å². The smallest absolute Gasteiger partial charge is 0.102 e. The number of rotatable bonds is 2. The lowest BCUT2D eigenvalue weighted by Crippen LogP contribution is -1.84. The standard InChI is InChI=1S/C8H13F/c1-4-5-6-8(9)7(2)3/h4-7H,1-3H3/b5-4-,8-6+. The molecule has 0 aromatic heterocycles. The molecule has 0 atom stereocenters. The van der Waals surface area contributed by atoms with Gasteiger partial charge < -0.3 is 0 Å². The topological polar surface area (TPSA) is 0 Å². The fourth-order valence-electron chi connectivity index (χ4n) is 0.381. The molecule has 0 spiro atoms. The lowest BCUT2D eigenvalue weighted by atomic mass is 10.2. The average molecular weight is 128 g/mol. The summed E-state index contributed by atoms with van der Waals surface area (Å²) >= 11 is 0. The highest BCUT2D eigenvalue weighted by atomic mass is 19.1. The van der Waals surface area contributed by atoms with Crippen molar-refractivity contribution in [3.63, 3.8) is 0 Å². The Hall–Kier alpha value is -0.590. The molecule has 0 nitrogen and oxygen atoms in total. The van der Waals surface area contributed by atoms with Crippen LogP contribution in [0.1, 0.15) is 20.8 Å². The van der Waals surface area contributed by atoms with Crippen LogP contribution in [-0.4, -0.2) is 0 Å². The van der Waals surface area contributed by atoms with Crippen molar-refractivity contribution >= 4 is 0 Å². The first-order valence-corrected chi connectivity index (χ1v) is 3.17. The SMILES string of the molecule is C/C=C\C=C(\F)C(C)C. The minimum Gasteiger partial charge on any atom is -0.212 e. The van der Waals surface area contributed by atoms with E-state index in [0.717, 1.165) is 0 Å². The van der Waals surface area contributed by atoms with Gasteiger partial charge in [-0.05, 0) is 13.0 Å². The fourth-order valence-corrected chi connectivity index (χ4v) is 0.381. The third kappa shape index (κ3) is 3.95. The van der Waals surface area contributed by atoms with Crippen LogP contribution in [0, 0.1) is 5.92 Å². The van der Waals surface area contributed by atoms with Crippen molar-refractivity contribution in [2.24, 2.45) is 5.92 Å². The molecule has 0 aliphatic carbocycles. The van der Waals surface area contributed by atoms with Gasteiger partial charge in [-0.1, -0.05) is 26.0 Å². The van der Waals surface area contributed by atoms with Crippen LogP contribution in [0.4, 0.5) is 4.39 Å². The first-order valence-electron chi connectivity index (χ1n) is 3.17. The molecule has 0 aliphatic heterocycles. The van der Waals surface area contributed by atoms with Gasteiger partial charge in [0.05, 0.1) is 0 Å². The zero-order valence-corrected chi connectivity index (χ0v) is 6.19. The first kappa shape index (κ1) is 8.41. The predicted molar refractivity (Wildman–Crippen MR) is 38.8 cm³/mol. The largest absolute Gasteiger partial charge is 0.212 e. The van der Waals surface area contributed by atoms with Crippen molar-refractivity contribution in [1.29, 1.82) is 0 Å². The van der Waals surface area contributed by atoms with E-state index in [1.54, 1.807) is 6.08 Å². The normalized spacial score (nSPS) is 13.7. The molecule has 0 aliphatic rings. The second-order valence-electron chi connectivity index (χ2n) is 2.23. The Morgan fingerprint density at radius 3 is 2.33 bits per heavy atom. The molecule has 0 rings (SSSR count). The van der Waals surface area contributed by atoms with E-state index in [-0.39, 0.29) is 11.7 Å². The summed E-state index contributed by atoms with van der Waals surface area (Å²) in [4.78, 5) is 0. The Morgan fingerprint density at radius 1 is 1.44 bits per heavy atom. The van der Waals surface area contributed by atoms with Crippen LogP contribution in [0.3, 0.4) is 0 Å². The Kier molecular flexibility index (Phi) is 4.02. The molecule has 0 bridgehead atoms. The van der Waals surface area contributed by atoms with E-state index in [9.17, 15) is 4.39 Å². The zero-order chi connectivity index (χ0) is 7.28. The molecule has 0 N–H and O–H groups in total. The van der Waals surface area contributed by atoms with Crippen molar-refractivity contribution < 1.29 is 4.39 Å². The first-order chi connectivity index (χ1) is 4.18. The molecule has 0 aromatic carbocycles. The highest BCUT2D eigenvalue weighted by Gasteiger charge is 1.96. The molecule has 0 unspecified atom stereocenters. The van der Waals surface area contributed by atoms with Crippen LogP contribution in [0.5, 0.6) is 0 Å². The fraction of sp³-hybridized carbons (Fsp3) is 0.500. The van der Waals surface area contributed by atoms with Gasteiger partial charge >= 0.3 is 0 Å². The minimum atomic E-state index is -0.0619. The van der Waals surface area contributed by atoms with Crippen LogP contribution in [0.15, 0.2) is 24.1 Å². The van der Waals surface area contributed by atoms with Crippen molar-refractivity contribution in [3.8, 4) is 0 Å². The summed E-state index contributed by atoms with van der Waals surface area (Å²) in [6.07, 6.45) is 5.00. The van der Waals surface area contributed by atoms with Gasteiger partial charge in [0.15, 0.2) is 0 Å². The van der Waals surface area contributed by atoms with Gasteiger partial charge in [-0.25, -0.2) is 4.39 Å².